The standard InChI is InChI=1S/C6H5N3O2.C5H6N6/c10-5-3-1-2-7-4(3)8-6(11)9-5;6-3-2-4(9-1-8-2)11-5(7)10-3/h2H,1H2,(H2,8,9,10,11);1H,(H5,6,7,8,9,10,11). The summed E-state index contributed by atoms with van der Waals surface area (Å²) in [5, 5.41) is 0. The first-order chi connectivity index (χ1) is 10.5. The Bertz CT molecular complexity index is 981. The molecule has 22 heavy (non-hydrogen) atoms. The molecule has 0 aromatic carbocycles. The molecule has 4 rings (SSSR count). The van der Waals surface area contributed by atoms with Crippen LogP contribution >= 0.6 is 0 Å². The van der Waals surface area contributed by atoms with Crippen LogP contribution in [-0.4, -0.2) is 36.1 Å². The number of nitrogens with two attached hydrogens (primary N) is 2. The first-order valence-electron chi connectivity index (χ1n) is 6.14. The molecule has 7 N–H and O–H groups in total. The summed E-state index contributed by atoms with van der Waals surface area (Å²) in [7, 11) is 0. The molecule has 0 saturated carbocycles. The molecule has 3 aromatic rings. The normalized spacial score (nSPS) is 12.0. The fourth-order valence-electron chi connectivity index (χ4n) is 1.90. The summed E-state index contributed by atoms with van der Waals surface area (Å²) in [6.07, 6.45) is 3.59. The summed E-state index contributed by atoms with van der Waals surface area (Å²) in [5.74, 6) is 0.853. The Morgan fingerprint density at radius 2 is 1.95 bits per heavy atom. The highest BCUT2D eigenvalue weighted by Crippen LogP contribution is 2.14. The van der Waals surface area contributed by atoms with E-state index in [0.29, 0.717) is 34.8 Å². The summed E-state index contributed by atoms with van der Waals surface area (Å²) in [6, 6.07) is 0. The lowest BCUT2D eigenvalue weighted by atomic mass is 10.3. The van der Waals surface area contributed by atoms with Crippen LogP contribution in [0.25, 0.3) is 11.2 Å². The molecule has 11 nitrogen and oxygen atoms in total. The summed E-state index contributed by atoms with van der Waals surface area (Å²) < 4.78 is 0. The van der Waals surface area contributed by atoms with Crippen molar-refractivity contribution in [3.63, 3.8) is 0 Å². The second-order valence-corrected chi connectivity index (χ2v) is 4.32. The molecule has 0 saturated heterocycles. The van der Waals surface area contributed by atoms with Crippen molar-refractivity contribution in [3.8, 4) is 0 Å². The van der Waals surface area contributed by atoms with E-state index in [1.165, 1.54) is 6.33 Å². The van der Waals surface area contributed by atoms with Gasteiger partial charge in [0.2, 0.25) is 5.95 Å². The van der Waals surface area contributed by atoms with Crippen LogP contribution in [0.3, 0.4) is 0 Å². The highest BCUT2D eigenvalue weighted by molar-refractivity contribution is 5.81. The number of aromatic nitrogens is 6. The third-order valence-corrected chi connectivity index (χ3v) is 2.87. The molecule has 0 unspecified atom stereocenters. The van der Waals surface area contributed by atoms with E-state index in [1.807, 2.05) is 0 Å². The average Bonchev–Trinajstić information content (AvgIpc) is 3.07. The second kappa shape index (κ2) is 5.12. The lowest BCUT2D eigenvalue weighted by Gasteiger charge is -1.94. The Labute approximate surface area is 121 Å². The number of nitrogen functional groups attached to an aromatic ring is 2. The van der Waals surface area contributed by atoms with Gasteiger partial charge in [-0.25, -0.2) is 14.8 Å². The molecule has 3 aromatic heterocycles. The molecule has 0 fully saturated rings. The van der Waals surface area contributed by atoms with Crippen LogP contribution in [0.15, 0.2) is 20.9 Å². The highest BCUT2D eigenvalue weighted by Gasteiger charge is 2.10. The van der Waals surface area contributed by atoms with Gasteiger partial charge in [0.25, 0.3) is 5.56 Å². The van der Waals surface area contributed by atoms with E-state index in [0.717, 1.165) is 0 Å². The number of H-pyrrole nitrogens is 3. The maximum Gasteiger partial charge on any atom is 0.327 e. The quantitative estimate of drug-likeness (QED) is 0.346. The molecule has 0 amide bonds. The van der Waals surface area contributed by atoms with E-state index in [-0.39, 0.29) is 11.5 Å². The van der Waals surface area contributed by atoms with Crippen molar-refractivity contribution in [2.45, 2.75) is 6.42 Å². The largest absolute Gasteiger partial charge is 0.382 e. The molecular formula is C11H11N9O2. The predicted octanol–water partition coefficient (Wildman–Crippen LogP) is -1.16. The summed E-state index contributed by atoms with van der Waals surface area (Å²) in [4.78, 5) is 44.3. The monoisotopic (exact) mass is 301 g/mol. The van der Waals surface area contributed by atoms with Crippen molar-refractivity contribution in [2.75, 3.05) is 11.5 Å². The molecule has 1 aliphatic heterocycles. The van der Waals surface area contributed by atoms with Gasteiger partial charge in [-0.2, -0.15) is 9.97 Å². The predicted molar refractivity (Wildman–Crippen MR) is 80.0 cm³/mol. The van der Waals surface area contributed by atoms with Gasteiger partial charge in [0.05, 0.1) is 11.9 Å². The molecule has 0 bridgehead atoms. The van der Waals surface area contributed by atoms with Crippen LogP contribution in [0.1, 0.15) is 5.56 Å². The Morgan fingerprint density at radius 1 is 1.14 bits per heavy atom. The second-order valence-electron chi connectivity index (χ2n) is 4.32. The number of fused-ring (bicyclic) bond motifs is 2. The van der Waals surface area contributed by atoms with E-state index >= 15 is 0 Å². The zero-order valence-corrected chi connectivity index (χ0v) is 11.1. The zero-order valence-electron chi connectivity index (χ0n) is 11.1. The smallest absolute Gasteiger partial charge is 0.327 e. The average molecular weight is 301 g/mol. The Hall–Kier alpha value is -3.50. The summed E-state index contributed by atoms with van der Waals surface area (Å²) in [5.41, 5.74) is 11.6. The minimum Gasteiger partial charge on any atom is -0.382 e. The number of hydrogen-bond acceptors (Lipinski definition) is 8. The van der Waals surface area contributed by atoms with Crippen molar-refractivity contribution in [1.29, 1.82) is 0 Å². The van der Waals surface area contributed by atoms with Crippen molar-refractivity contribution in [1.82, 2.24) is 29.9 Å². The molecule has 1 aliphatic rings. The number of hydrogen-bond donors (Lipinski definition) is 5. The maximum absolute atomic E-state index is 11.0. The van der Waals surface area contributed by atoms with Crippen LogP contribution in [0, 0.1) is 0 Å². The number of aliphatic imine (C=N–C) groups is 1. The third-order valence-electron chi connectivity index (χ3n) is 2.87. The number of aromatic amines is 3. The van der Waals surface area contributed by atoms with Gasteiger partial charge in [0, 0.05) is 12.6 Å². The van der Waals surface area contributed by atoms with Crippen LogP contribution in [0.4, 0.5) is 17.6 Å². The Morgan fingerprint density at radius 3 is 2.77 bits per heavy atom. The Kier molecular flexibility index (Phi) is 3.14. The lowest BCUT2D eigenvalue weighted by Crippen LogP contribution is -2.23. The minimum atomic E-state index is -0.507. The van der Waals surface area contributed by atoms with Gasteiger partial charge in [0.1, 0.15) is 11.3 Å². The maximum atomic E-state index is 11.0. The van der Waals surface area contributed by atoms with Gasteiger partial charge in [-0.3, -0.25) is 14.8 Å². The van der Waals surface area contributed by atoms with E-state index in [9.17, 15) is 9.59 Å². The molecule has 0 spiro atoms. The highest BCUT2D eigenvalue weighted by atomic mass is 16.2. The molecule has 0 aliphatic carbocycles. The molecule has 0 atom stereocenters. The van der Waals surface area contributed by atoms with Gasteiger partial charge in [0.15, 0.2) is 11.5 Å². The van der Waals surface area contributed by atoms with Crippen molar-refractivity contribution < 1.29 is 0 Å². The van der Waals surface area contributed by atoms with E-state index in [4.69, 9.17) is 11.5 Å². The number of anilines is 2. The zero-order chi connectivity index (χ0) is 15.7. The number of rotatable bonds is 0. The van der Waals surface area contributed by atoms with Gasteiger partial charge < -0.3 is 16.5 Å². The first kappa shape index (κ1) is 13.5. The van der Waals surface area contributed by atoms with Crippen molar-refractivity contribution >= 4 is 35.0 Å². The van der Waals surface area contributed by atoms with Gasteiger partial charge in [-0.1, -0.05) is 0 Å². The first-order valence-corrected chi connectivity index (χ1v) is 6.14. The molecule has 0 radical (unpaired) electrons. The van der Waals surface area contributed by atoms with Crippen LogP contribution < -0.4 is 22.7 Å². The summed E-state index contributed by atoms with van der Waals surface area (Å²) >= 11 is 0. The third kappa shape index (κ3) is 2.42. The van der Waals surface area contributed by atoms with E-state index < -0.39 is 5.69 Å². The SMILES string of the molecule is Nc1nc(N)c2[nH]cnc2n1.O=c1[nH]c2c(c(=O)[nH]1)CC=N2. The number of imidazole rings is 1. The number of nitrogens with zero attached hydrogens (tertiary/aromatic N) is 4. The number of nitrogens with one attached hydrogen (secondary N) is 3. The van der Waals surface area contributed by atoms with Crippen molar-refractivity contribution in [3.05, 3.63) is 32.7 Å². The van der Waals surface area contributed by atoms with Crippen LogP contribution in [-0.2, 0) is 6.42 Å². The molecule has 4 heterocycles. The Balaban J connectivity index is 0.000000131. The van der Waals surface area contributed by atoms with Gasteiger partial charge >= 0.3 is 5.69 Å². The van der Waals surface area contributed by atoms with Crippen molar-refractivity contribution in [2.24, 2.45) is 4.99 Å². The minimum absolute atomic E-state index is 0.141. The fourth-order valence-corrected chi connectivity index (χ4v) is 1.90. The fraction of sp³-hybridized carbons (Fsp3) is 0.0909. The van der Waals surface area contributed by atoms with Crippen LogP contribution in [0.5, 0.6) is 0 Å². The van der Waals surface area contributed by atoms with Crippen LogP contribution in [0.2, 0.25) is 0 Å². The molecule has 112 valence electrons. The van der Waals surface area contributed by atoms with E-state index in [2.05, 4.69) is 34.9 Å². The topological polar surface area (TPSA) is 185 Å². The molecular weight excluding hydrogens is 290 g/mol. The van der Waals surface area contributed by atoms with Gasteiger partial charge in [-0.15, -0.1) is 0 Å². The summed E-state index contributed by atoms with van der Waals surface area (Å²) in [6.45, 7) is 0. The lowest BCUT2D eigenvalue weighted by molar-refractivity contribution is 1.01. The van der Waals surface area contributed by atoms with Gasteiger partial charge in [-0.05, 0) is 0 Å². The molecule has 11 heteroatoms. The van der Waals surface area contributed by atoms with E-state index in [1.54, 1.807) is 6.21 Å².